The first kappa shape index (κ1) is 15.0. The number of carbonyl (C=O) groups is 2. The first-order valence-electron chi connectivity index (χ1n) is 5.93. The predicted molar refractivity (Wildman–Crippen MR) is 60.1 cm³/mol. The van der Waals surface area contributed by atoms with Crippen LogP contribution >= 0.6 is 0 Å². The summed E-state index contributed by atoms with van der Waals surface area (Å²) in [5.41, 5.74) is -0.608. The van der Waals surface area contributed by atoms with Gasteiger partial charge in [0.15, 0.2) is 0 Å². The summed E-state index contributed by atoms with van der Waals surface area (Å²) in [4.78, 5) is 34.1. The molecule has 1 aliphatic carbocycles. The van der Waals surface area contributed by atoms with Crippen molar-refractivity contribution in [3.8, 4) is 0 Å². The van der Waals surface area contributed by atoms with Gasteiger partial charge in [-0.1, -0.05) is 0 Å². The van der Waals surface area contributed by atoms with Crippen molar-refractivity contribution >= 4 is 11.9 Å². The summed E-state index contributed by atoms with van der Waals surface area (Å²) in [5.74, 6) is -0.973. The number of nitrogens with one attached hydrogen (secondary N) is 2. The molecule has 1 aliphatic rings. The monoisotopic (exact) mass is 308 g/mol. The zero-order valence-corrected chi connectivity index (χ0v) is 10.6. The smallest absolute Gasteiger partial charge is 0.329 e. The highest BCUT2D eigenvalue weighted by Crippen LogP contribution is 2.32. The van der Waals surface area contributed by atoms with E-state index in [4.69, 9.17) is 0 Å². The van der Waals surface area contributed by atoms with Crippen molar-refractivity contribution in [2.75, 3.05) is 6.54 Å². The molecule has 21 heavy (non-hydrogen) atoms. The van der Waals surface area contributed by atoms with E-state index in [0.717, 1.165) is 22.2 Å². The topological polar surface area (TPSA) is 111 Å². The highest BCUT2D eigenvalue weighted by Gasteiger charge is 2.29. The fourth-order valence-corrected chi connectivity index (χ4v) is 1.46. The number of aromatic nitrogens is 4. The molecule has 1 aromatic rings. The van der Waals surface area contributed by atoms with Crippen LogP contribution in [0.1, 0.15) is 18.9 Å². The van der Waals surface area contributed by atoms with E-state index in [1.807, 2.05) is 0 Å². The second-order valence-electron chi connectivity index (χ2n) is 4.44. The van der Waals surface area contributed by atoms with Gasteiger partial charge in [0.25, 0.3) is 0 Å². The van der Waals surface area contributed by atoms with E-state index < -0.39 is 36.9 Å². The van der Waals surface area contributed by atoms with Crippen LogP contribution in [0.15, 0.2) is 4.79 Å². The van der Waals surface area contributed by atoms with Crippen LogP contribution < -0.4 is 16.3 Å². The average molecular weight is 308 g/mol. The number of imide groups is 1. The van der Waals surface area contributed by atoms with Crippen molar-refractivity contribution < 1.29 is 22.8 Å². The van der Waals surface area contributed by atoms with E-state index in [-0.39, 0.29) is 6.04 Å². The second-order valence-corrected chi connectivity index (χ2v) is 4.44. The standard InChI is InChI=1S/C9H11F3N6O3/c10-9(11,12)4-13-7(20)14-6(19)3-17-8(21)18(16-15-17)5-1-2-5/h5H,1-4H2,(H2,13,14,19,20). The number of urea groups is 1. The third-order valence-corrected chi connectivity index (χ3v) is 2.55. The zero-order chi connectivity index (χ0) is 15.6. The van der Waals surface area contributed by atoms with Gasteiger partial charge < -0.3 is 5.32 Å². The SMILES string of the molecule is O=C(Cn1nnn(C2CC2)c1=O)NC(=O)NCC(F)(F)F. The molecule has 0 aromatic carbocycles. The Hall–Kier alpha value is -2.40. The number of hydrogen-bond donors (Lipinski definition) is 2. The van der Waals surface area contributed by atoms with Crippen LogP contribution in [0.5, 0.6) is 0 Å². The minimum absolute atomic E-state index is 0.0237. The van der Waals surface area contributed by atoms with Gasteiger partial charge in [0, 0.05) is 0 Å². The molecule has 116 valence electrons. The van der Waals surface area contributed by atoms with Crippen LogP contribution in [-0.2, 0) is 11.3 Å². The summed E-state index contributed by atoms with van der Waals surface area (Å²) in [6.07, 6.45) is -2.99. The summed E-state index contributed by atoms with van der Waals surface area (Å²) in [6, 6.07) is -1.33. The highest BCUT2D eigenvalue weighted by molar-refractivity contribution is 5.94. The summed E-state index contributed by atoms with van der Waals surface area (Å²) < 4.78 is 37.4. The summed E-state index contributed by atoms with van der Waals surface area (Å²) in [6.45, 7) is -2.17. The summed E-state index contributed by atoms with van der Waals surface area (Å²) in [5, 5.41) is 10.1. The van der Waals surface area contributed by atoms with Crippen molar-refractivity contribution in [2.24, 2.45) is 0 Å². The lowest BCUT2D eigenvalue weighted by Gasteiger charge is -2.08. The van der Waals surface area contributed by atoms with Crippen LogP contribution in [-0.4, -0.2) is 44.4 Å². The Balaban J connectivity index is 1.84. The number of tetrazole rings is 1. The minimum atomic E-state index is -4.58. The quantitative estimate of drug-likeness (QED) is 0.753. The molecule has 1 saturated carbocycles. The van der Waals surface area contributed by atoms with Crippen LogP contribution in [0.25, 0.3) is 0 Å². The summed E-state index contributed by atoms with van der Waals surface area (Å²) in [7, 11) is 0. The number of hydrogen-bond acceptors (Lipinski definition) is 5. The number of amides is 3. The largest absolute Gasteiger partial charge is 0.405 e. The Morgan fingerprint density at radius 2 is 1.95 bits per heavy atom. The number of alkyl halides is 3. The fraction of sp³-hybridized carbons (Fsp3) is 0.667. The van der Waals surface area contributed by atoms with Gasteiger partial charge in [-0.2, -0.15) is 22.5 Å². The van der Waals surface area contributed by atoms with E-state index in [1.54, 1.807) is 5.32 Å². The Labute approximate surface area is 115 Å². The fourth-order valence-electron chi connectivity index (χ4n) is 1.46. The molecule has 2 rings (SSSR count). The number of rotatable bonds is 4. The van der Waals surface area contributed by atoms with Crippen LogP contribution in [0.3, 0.4) is 0 Å². The molecule has 9 nitrogen and oxygen atoms in total. The Bertz CT molecular complexity index is 603. The maximum Gasteiger partial charge on any atom is 0.405 e. The van der Waals surface area contributed by atoms with Crippen LogP contribution in [0, 0.1) is 0 Å². The maximum atomic E-state index is 11.8. The molecule has 0 atom stereocenters. The van der Waals surface area contributed by atoms with Gasteiger partial charge in [-0.05, 0) is 23.3 Å². The van der Waals surface area contributed by atoms with Gasteiger partial charge in [0.05, 0.1) is 6.04 Å². The minimum Gasteiger partial charge on any atom is -0.329 e. The van der Waals surface area contributed by atoms with Crippen molar-refractivity contribution in [1.29, 1.82) is 0 Å². The van der Waals surface area contributed by atoms with Crippen molar-refractivity contribution in [3.05, 3.63) is 10.5 Å². The predicted octanol–water partition coefficient (Wildman–Crippen LogP) is -0.837. The lowest BCUT2D eigenvalue weighted by molar-refractivity contribution is -0.125. The van der Waals surface area contributed by atoms with E-state index in [0.29, 0.717) is 0 Å². The highest BCUT2D eigenvalue weighted by atomic mass is 19.4. The lowest BCUT2D eigenvalue weighted by Crippen LogP contribution is -2.45. The van der Waals surface area contributed by atoms with Gasteiger partial charge in [0.1, 0.15) is 13.1 Å². The molecule has 2 N–H and O–H groups in total. The molecule has 0 bridgehead atoms. The molecule has 1 fully saturated rings. The average Bonchev–Trinajstić information content (AvgIpc) is 3.13. The molecule has 0 radical (unpaired) electrons. The van der Waals surface area contributed by atoms with Crippen LogP contribution in [0.2, 0.25) is 0 Å². The third kappa shape index (κ3) is 4.29. The molecule has 1 aromatic heterocycles. The first-order valence-corrected chi connectivity index (χ1v) is 5.93. The number of halogens is 3. The maximum absolute atomic E-state index is 11.8. The van der Waals surface area contributed by atoms with E-state index in [9.17, 15) is 27.6 Å². The van der Waals surface area contributed by atoms with Crippen molar-refractivity contribution in [3.63, 3.8) is 0 Å². The van der Waals surface area contributed by atoms with Gasteiger partial charge in [-0.25, -0.2) is 9.59 Å². The normalized spacial score (nSPS) is 14.8. The zero-order valence-electron chi connectivity index (χ0n) is 10.6. The van der Waals surface area contributed by atoms with Gasteiger partial charge in [-0.3, -0.25) is 10.1 Å². The molecule has 0 aliphatic heterocycles. The molecular weight excluding hydrogens is 297 g/mol. The molecule has 1 heterocycles. The molecule has 3 amide bonds. The molecular formula is C9H11F3N6O3. The first-order chi connectivity index (χ1) is 9.76. The Kier molecular flexibility index (Phi) is 3.95. The van der Waals surface area contributed by atoms with Gasteiger partial charge in [0.2, 0.25) is 5.91 Å². The molecule has 0 spiro atoms. The van der Waals surface area contributed by atoms with Gasteiger partial charge in [-0.15, -0.1) is 0 Å². The van der Waals surface area contributed by atoms with Crippen molar-refractivity contribution in [1.82, 2.24) is 30.4 Å². The van der Waals surface area contributed by atoms with E-state index >= 15 is 0 Å². The summed E-state index contributed by atoms with van der Waals surface area (Å²) >= 11 is 0. The van der Waals surface area contributed by atoms with Crippen LogP contribution in [0.4, 0.5) is 18.0 Å². The molecule has 0 unspecified atom stereocenters. The van der Waals surface area contributed by atoms with Gasteiger partial charge >= 0.3 is 17.9 Å². The Morgan fingerprint density at radius 1 is 1.29 bits per heavy atom. The third-order valence-electron chi connectivity index (χ3n) is 2.55. The second kappa shape index (κ2) is 5.54. The van der Waals surface area contributed by atoms with Crippen molar-refractivity contribution in [2.45, 2.75) is 31.6 Å². The molecule has 12 heteroatoms. The molecule has 0 saturated heterocycles. The van der Waals surface area contributed by atoms with E-state index in [2.05, 4.69) is 10.4 Å². The number of carbonyl (C=O) groups excluding carboxylic acids is 2. The lowest BCUT2D eigenvalue weighted by atomic mass is 10.5. The number of nitrogens with zero attached hydrogens (tertiary/aromatic N) is 4. The van der Waals surface area contributed by atoms with E-state index in [1.165, 1.54) is 5.32 Å². The Morgan fingerprint density at radius 3 is 2.52 bits per heavy atom.